The van der Waals surface area contributed by atoms with Crippen LogP contribution in [0.1, 0.15) is 18.1 Å². The first kappa shape index (κ1) is 10.2. The fraction of sp³-hybridized carbons (Fsp3) is 0.417. The summed E-state index contributed by atoms with van der Waals surface area (Å²) >= 11 is 0. The summed E-state index contributed by atoms with van der Waals surface area (Å²) in [6.45, 7) is 4.60. The van der Waals surface area contributed by atoms with E-state index in [0.717, 1.165) is 0 Å². The molecule has 3 unspecified atom stereocenters. The summed E-state index contributed by atoms with van der Waals surface area (Å²) < 4.78 is 0. The van der Waals surface area contributed by atoms with Crippen LogP contribution >= 0.6 is 0 Å². The first-order valence-electron chi connectivity index (χ1n) is 5.09. The zero-order chi connectivity index (χ0) is 10.8. The number of hydrogen-bond donors (Lipinski definition) is 0. The molecule has 1 aromatic carbocycles. The summed E-state index contributed by atoms with van der Waals surface area (Å²) in [5.74, 6) is 0. The SMILES string of the molecule is Cc1ccccc1CON1C(C)C1C#N. The second-order valence-electron chi connectivity index (χ2n) is 3.87. The topological polar surface area (TPSA) is 36.0 Å². The van der Waals surface area contributed by atoms with E-state index in [1.165, 1.54) is 11.1 Å². The van der Waals surface area contributed by atoms with Crippen molar-refractivity contribution in [2.24, 2.45) is 0 Å². The molecule has 0 spiro atoms. The molecule has 0 aromatic heterocycles. The lowest BCUT2D eigenvalue weighted by Crippen LogP contribution is -2.04. The van der Waals surface area contributed by atoms with Crippen molar-refractivity contribution in [2.75, 3.05) is 0 Å². The van der Waals surface area contributed by atoms with Gasteiger partial charge in [-0.3, -0.25) is 4.84 Å². The third-order valence-electron chi connectivity index (χ3n) is 2.81. The van der Waals surface area contributed by atoms with E-state index in [2.05, 4.69) is 19.1 Å². The van der Waals surface area contributed by atoms with Gasteiger partial charge < -0.3 is 0 Å². The number of hydroxylamine groups is 2. The van der Waals surface area contributed by atoms with Crippen molar-refractivity contribution in [2.45, 2.75) is 32.5 Å². The summed E-state index contributed by atoms with van der Waals surface area (Å²) in [5.41, 5.74) is 2.40. The molecule has 15 heavy (non-hydrogen) atoms. The molecule has 0 bridgehead atoms. The number of hydrogen-bond acceptors (Lipinski definition) is 3. The highest BCUT2D eigenvalue weighted by molar-refractivity contribution is 5.24. The van der Waals surface area contributed by atoms with E-state index in [-0.39, 0.29) is 12.1 Å². The summed E-state index contributed by atoms with van der Waals surface area (Å²) in [6.07, 6.45) is 0. The highest BCUT2D eigenvalue weighted by atomic mass is 16.7. The van der Waals surface area contributed by atoms with E-state index in [1.807, 2.05) is 25.1 Å². The van der Waals surface area contributed by atoms with Crippen molar-refractivity contribution in [1.82, 2.24) is 5.06 Å². The summed E-state index contributed by atoms with van der Waals surface area (Å²) in [4.78, 5) is 5.55. The molecule has 1 heterocycles. The molecule has 0 radical (unpaired) electrons. The molecule has 3 atom stereocenters. The van der Waals surface area contributed by atoms with E-state index in [4.69, 9.17) is 10.1 Å². The summed E-state index contributed by atoms with van der Waals surface area (Å²) in [7, 11) is 0. The maximum Gasteiger partial charge on any atom is 0.140 e. The highest BCUT2D eigenvalue weighted by Crippen LogP contribution is 2.28. The van der Waals surface area contributed by atoms with Crippen LogP contribution in [0.4, 0.5) is 0 Å². The van der Waals surface area contributed by atoms with Crippen LogP contribution in [-0.2, 0) is 11.4 Å². The standard InChI is InChI=1S/C12H14N2O/c1-9-5-3-4-6-11(9)8-15-14-10(2)12(14)7-13/h3-6,10,12H,8H2,1-2H3. The van der Waals surface area contributed by atoms with Crippen LogP contribution in [-0.4, -0.2) is 17.1 Å². The van der Waals surface area contributed by atoms with Crippen molar-refractivity contribution in [3.8, 4) is 6.07 Å². The highest BCUT2D eigenvalue weighted by Gasteiger charge is 2.46. The van der Waals surface area contributed by atoms with Crippen LogP contribution in [0, 0.1) is 18.3 Å². The van der Waals surface area contributed by atoms with Crippen molar-refractivity contribution in [3.63, 3.8) is 0 Å². The molecule has 1 aliphatic rings. The largest absolute Gasteiger partial charge is 0.293 e. The van der Waals surface area contributed by atoms with Gasteiger partial charge in [-0.25, -0.2) is 0 Å². The van der Waals surface area contributed by atoms with Crippen molar-refractivity contribution in [1.29, 1.82) is 5.26 Å². The van der Waals surface area contributed by atoms with E-state index in [1.54, 1.807) is 5.06 Å². The molecule has 1 aliphatic heterocycles. The maximum absolute atomic E-state index is 8.73. The molecule has 1 aromatic rings. The van der Waals surface area contributed by atoms with Crippen LogP contribution < -0.4 is 0 Å². The lowest BCUT2D eigenvalue weighted by atomic mass is 10.1. The van der Waals surface area contributed by atoms with Crippen molar-refractivity contribution in [3.05, 3.63) is 35.4 Å². The second kappa shape index (κ2) is 4.01. The number of benzene rings is 1. The molecule has 0 saturated carbocycles. The first-order valence-corrected chi connectivity index (χ1v) is 5.09. The zero-order valence-electron chi connectivity index (χ0n) is 8.97. The van der Waals surface area contributed by atoms with Crippen LogP contribution in [0.3, 0.4) is 0 Å². The Kier molecular flexibility index (Phi) is 2.72. The molecule has 2 rings (SSSR count). The van der Waals surface area contributed by atoms with Crippen LogP contribution in [0.25, 0.3) is 0 Å². The zero-order valence-corrected chi connectivity index (χ0v) is 8.97. The van der Waals surface area contributed by atoms with E-state index in [0.29, 0.717) is 6.61 Å². The fourth-order valence-corrected chi connectivity index (χ4v) is 1.60. The number of nitrogens with zero attached hydrogens (tertiary/aromatic N) is 2. The normalized spacial score (nSPS) is 28.5. The average Bonchev–Trinajstić information content (AvgIpc) is 2.87. The molecule has 0 N–H and O–H groups in total. The quantitative estimate of drug-likeness (QED) is 0.703. The monoisotopic (exact) mass is 202 g/mol. The molecule has 0 aliphatic carbocycles. The lowest BCUT2D eigenvalue weighted by Gasteiger charge is -2.06. The van der Waals surface area contributed by atoms with Gasteiger partial charge in [0.15, 0.2) is 0 Å². The Bertz CT molecular complexity index is 397. The van der Waals surface area contributed by atoms with Gasteiger partial charge in [-0.2, -0.15) is 10.3 Å². The Morgan fingerprint density at radius 3 is 2.80 bits per heavy atom. The minimum atomic E-state index is -0.0611. The minimum Gasteiger partial charge on any atom is -0.293 e. The van der Waals surface area contributed by atoms with Gasteiger partial charge in [0.2, 0.25) is 0 Å². The Morgan fingerprint density at radius 1 is 1.47 bits per heavy atom. The molecule has 1 fully saturated rings. The average molecular weight is 202 g/mol. The molecule has 78 valence electrons. The van der Waals surface area contributed by atoms with E-state index in [9.17, 15) is 0 Å². The molecule has 1 saturated heterocycles. The van der Waals surface area contributed by atoms with Crippen LogP contribution in [0.15, 0.2) is 24.3 Å². The van der Waals surface area contributed by atoms with Gasteiger partial charge >= 0.3 is 0 Å². The maximum atomic E-state index is 8.73. The van der Waals surface area contributed by atoms with Gasteiger partial charge in [0.1, 0.15) is 6.04 Å². The Balaban J connectivity index is 1.90. The Labute approximate surface area is 89.8 Å². The molecule has 3 nitrogen and oxygen atoms in total. The molecular formula is C12H14N2O. The molecular weight excluding hydrogens is 188 g/mol. The molecule has 3 heteroatoms. The number of rotatable bonds is 3. The number of aryl methyl sites for hydroxylation is 1. The Morgan fingerprint density at radius 2 is 2.20 bits per heavy atom. The van der Waals surface area contributed by atoms with Gasteiger partial charge in [0.25, 0.3) is 0 Å². The van der Waals surface area contributed by atoms with Crippen LogP contribution in [0.2, 0.25) is 0 Å². The van der Waals surface area contributed by atoms with E-state index >= 15 is 0 Å². The van der Waals surface area contributed by atoms with E-state index < -0.39 is 0 Å². The number of nitriles is 1. The van der Waals surface area contributed by atoms with Crippen molar-refractivity contribution < 1.29 is 4.84 Å². The van der Waals surface area contributed by atoms with Crippen molar-refractivity contribution >= 4 is 0 Å². The minimum absolute atomic E-state index is 0.0611. The molecule has 0 amide bonds. The second-order valence-corrected chi connectivity index (χ2v) is 3.87. The Hall–Kier alpha value is -1.37. The fourth-order valence-electron chi connectivity index (χ4n) is 1.60. The van der Waals surface area contributed by atoms with Crippen LogP contribution in [0.5, 0.6) is 0 Å². The smallest absolute Gasteiger partial charge is 0.140 e. The predicted octanol–water partition coefficient (Wildman–Crippen LogP) is 2.02. The lowest BCUT2D eigenvalue weighted by molar-refractivity contribution is -0.0915. The van der Waals surface area contributed by atoms with Gasteiger partial charge in [-0.05, 0) is 25.0 Å². The summed E-state index contributed by atoms with van der Waals surface area (Å²) in [6, 6.07) is 10.5. The first-order chi connectivity index (χ1) is 7.24. The van der Waals surface area contributed by atoms with Gasteiger partial charge in [-0.15, -0.1) is 0 Å². The predicted molar refractivity (Wildman–Crippen MR) is 56.7 cm³/mol. The van der Waals surface area contributed by atoms with Gasteiger partial charge in [0, 0.05) is 0 Å². The third kappa shape index (κ3) is 2.01. The van der Waals surface area contributed by atoms with Gasteiger partial charge in [0.05, 0.1) is 18.7 Å². The third-order valence-corrected chi connectivity index (χ3v) is 2.81. The summed E-state index contributed by atoms with van der Waals surface area (Å²) in [5, 5.41) is 10.5. The van der Waals surface area contributed by atoms with Gasteiger partial charge in [-0.1, -0.05) is 24.3 Å².